The van der Waals surface area contributed by atoms with Crippen molar-refractivity contribution in [3.05, 3.63) is 64.8 Å². The zero-order chi connectivity index (χ0) is 20.1. The molecule has 5 heteroatoms. The van der Waals surface area contributed by atoms with Crippen LogP contribution in [0.2, 0.25) is 5.02 Å². The minimum absolute atomic E-state index is 0.0733. The summed E-state index contributed by atoms with van der Waals surface area (Å²) < 4.78 is 0. The van der Waals surface area contributed by atoms with Crippen molar-refractivity contribution in [1.82, 2.24) is 10.3 Å². The Morgan fingerprint density at radius 2 is 1.86 bits per heavy atom. The van der Waals surface area contributed by atoms with Gasteiger partial charge in [-0.3, -0.25) is 4.98 Å². The molecule has 1 aromatic heterocycles. The molecule has 0 radical (unpaired) electrons. The molecule has 0 aliphatic carbocycles. The van der Waals surface area contributed by atoms with Crippen LogP contribution >= 0.6 is 11.6 Å². The van der Waals surface area contributed by atoms with Crippen LogP contribution in [0, 0.1) is 0 Å². The second-order valence-corrected chi connectivity index (χ2v) is 8.51. The summed E-state index contributed by atoms with van der Waals surface area (Å²) in [5, 5.41) is 18.8. The van der Waals surface area contributed by atoms with E-state index in [2.05, 4.69) is 42.5 Å². The molecule has 0 spiro atoms. The Bertz CT molecular complexity index is 950. The van der Waals surface area contributed by atoms with Crippen molar-refractivity contribution in [2.75, 3.05) is 18.4 Å². The fourth-order valence-electron chi connectivity index (χ4n) is 3.13. The SMILES string of the molecule is CC(C)(C)c1ccc(O)c(CNCCCNc2ccnc3cc(Cl)ccc23)c1. The third-order valence-electron chi connectivity index (χ3n) is 4.81. The summed E-state index contributed by atoms with van der Waals surface area (Å²) in [6, 6.07) is 13.6. The normalized spacial score (nSPS) is 11.7. The molecule has 148 valence electrons. The lowest BCUT2D eigenvalue weighted by molar-refractivity contribution is 0.462. The summed E-state index contributed by atoms with van der Waals surface area (Å²) in [6.45, 7) is 8.91. The van der Waals surface area contributed by atoms with Crippen LogP contribution in [-0.4, -0.2) is 23.2 Å². The lowest BCUT2D eigenvalue weighted by atomic mass is 9.86. The predicted octanol–water partition coefficient (Wildman–Crippen LogP) is 5.48. The zero-order valence-electron chi connectivity index (χ0n) is 16.7. The largest absolute Gasteiger partial charge is 0.508 e. The third kappa shape index (κ3) is 5.15. The second-order valence-electron chi connectivity index (χ2n) is 8.07. The molecule has 0 atom stereocenters. The molecule has 2 aromatic carbocycles. The van der Waals surface area contributed by atoms with Crippen molar-refractivity contribution in [3.8, 4) is 5.75 Å². The maximum atomic E-state index is 10.1. The number of anilines is 1. The van der Waals surface area contributed by atoms with E-state index in [0.29, 0.717) is 17.3 Å². The van der Waals surface area contributed by atoms with E-state index in [1.807, 2.05) is 30.3 Å². The standard InChI is InChI=1S/C23H28ClN3O/c1-23(2,3)17-5-8-22(28)16(13-17)15-25-10-4-11-26-20-9-12-27-21-14-18(24)6-7-19(20)21/h5-9,12-14,25,28H,4,10-11,15H2,1-3H3,(H,26,27). The van der Waals surface area contributed by atoms with Crippen molar-refractivity contribution < 1.29 is 5.11 Å². The van der Waals surface area contributed by atoms with E-state index >= 15 is 0 Å². The molecule has 1 heterocycles. The maximum absolute atomic E-state index is 10.1. The Hall–Kier alpha value is -2.30. The molecule has 0 bridgehead atoms. The monoisotopic (exact) mass is 397 g/mol. The molecule has 0 aliphatic rings. The number of halogens is 1. The van der Waals surface area contributed by atoms with Crippen LogP contribution in [0.25, 0.3) is 10.9 Å². The smallest absolute Gasteiger partial charge is 0.120 e. The third-order valence-corrected chi connectivity index (χ3v) is 5.05. The molecule has 0 saturated carbocycles. The number of hydrogen-bond acceptors (Lipinski definition) is 4. The van der Waals surface area contributed by atoms with Crippen molar-refractivity contribution in [3.63, 3.8) is 0 Å². The summed E-state index contributed by atoms with van der Waals surface area (Å²) in [7, 11) is 0. The van der Waals surface area contributed by atoms with E-state index in [1.165, 1.54) is 5.56 Å². The molecule has 0 saturated heterocycles. The highest BCUT2D eigenvalue weighted by Gasteiger charge is 2.15. The topological polar surface area (TPSA) is 57.2 Å². The molecule has 3 N–H and O–H groups in total. The Morgan fingerprint density at radius 3 is 2.64 bits per heavy atom. The van der Waals surface area contributed by atoms with Crippen LogP contribution in [0.3, 0.4) is 0 Å². The van der Waals surface area contributed by atoms with E-state index in [1.54, 1.807) is 12.3 Å². The van der Waals surface area contributed by atoms with E-state index in [0.717, 1.165) is 41.7 Å². The number of phenols is 1. The average Bonchev–Trinajstić information content (AvgIpc) is 2.64. The van der Waals surface area contributed by atoms with Gasteiger partial charge in [0.05, 0.1) is 5.52 Å². The highest BCUT2D eigenvalue weighted by Crippen LogP contribution is 2.27. The fraction of sp³-hybridized carbons (Fsp3) is 0.348. The molecular formula is C23H28ClN3O. The average molecular weight is 398 g/mol. The van der Waals surface area contributed by atoms with Gasteiger partial charge in [-0.2, -0.15) is 0 Å². The second kappa shape index (κ2) is 8.80. The van der Waals surface area contributed by atoms with Gasteiger partial charge in [0.25, 0.3) is 0 Å². The van der Waals surface area contributed by atoms with Gasteiger partial charge in [0.1, 0.15) is 5.75 Å². The molecular weight excluding hydrogens is 370 g/mol. The van der Waals surface area contributed by atoms with Crippen LogP contribution in [0.4, 0.5) is 5.69 Å². The number of rotatable bonds is 7. The number of aromatic hydroxyl groups is 1. The summed E-state index contributed by atoms with van der Waals surface area (Å²) >= 11 is 6.04. The van der Waals surface area contributed by atoms with E-state index < -0.39 is 0 Å². The Balaban J connectivity index is 1.49. The Morgan fingerprint density at radius 1 is 1.04 bits per heavy atom. The number of phenolic OH excluding ortho intramolecular Hbond substituents is 1. The van der Waals surface area contributed by atoms with E-state index in [4.69, 9.17) is 11.6 Å². The highest BCUT2D eigenvalue weighted by molar-refractivity contribution is 6.31. The van der Waals surface area contributed by atoms with Crippen molar-refractivity contribution in [2.45, 2.75) is 39.2 Å². The van der Waals surface area contributed by atoms with Gasteiger partial charge in [-0.1, -0.05) is 44.5 Å². The first-order valence-corrected chi connectivity index (χ1v) is 10.0. The lowest BCUT2D eigenvalue weighted by Gasteiger charge is -2.20. The van der Waals surface area contributed by atoms with Gasteiger partial charge < -0.3 is 15.7 Å². The highest BCUT2D eigenvalue weighted by atomic mass is 35.5. The van der Waals surface area contributed by atoms with Crippen LogP contribution in [0.5, 0.6) is 5.75 Å². The quantitative estimate of drug-likeness (QED) is 0.462. The van der Waals surface area contributed by atoms with Gasteiger partial charge >= 0.3 is 0 Å². The molecule has 3 rings (SSSR count). The van der Waals surface area contributed by atoms with Crippen molar-refractivity contribution in [1.29, 1.82) is 0 Å². The molecule has 3 aromatic rings. The first-order chi connectivity index (χ1) is 13.3. The van der Waals surface area contributed by atoms with Gasteiger partial charge in [0.2, 0.25) is 0 Å². The molecule has 4 nitrogen and oxygen atoms in total. The first kappa shape index (κ1) is 20.4. The fourth-order valence-corrected chi connectivity index (χ4v) is 3.29. The zero-order valence-corrected chi connectivity index (χ0v) is 17.5. The number of fused-ring (bicyclic) bond motifs is 1. The van der Waals surface area contributed by atoms with Gasteiger partial charge in [0, 0.05) is 40.9 Å². The summed E-state index contributed by atoms with van der Waals surface area (Å²) in [4.78, 5) is 4.37. The summed E-state index contributed by atoms with van der Waals surface area (Å²) in [5.74, 6) is 0.348. The first-order valence-electron chi connectivity index (χ1n) is 9.66. The van der Waals surface area contributed by atoms with Crippen molar-refractivity contribution >= 4 is 28.2 Å². The minimum Gasteiger partial charge on any atom is -0.508 e. The number of pyridine rings is 1. The van der Waals surface area contributed by atoms with Crippen LogP contribution in [-0.2, 0) is 12.0 Å². The molecule has 28 heavy (non-hydrogen) atoms. The number of hydrogen-bond donors (Lipinski definition) is 3. The number of nitrogens with zero attached hydrogens (tertiary/aromatic N) is 1. The number of aromatic nitrogens is 1. The Labute approximate surface area is 172 Å². The van der Waals surface area contributed by atoms with Crippen LogP contribution < -0.4 is 10.6 Å². The van der Waals surface area contributed by atoms with Gasteiger partial charge in [-0.15, -0.1) is 0 Å². The van der Waals surface area contributed by atoms with Crippen LogP contribution in [0.15, 0.2) is 48.7 Å². The molecule has 0 amide bonds. The summed E-state index contributed by atoms with van der Waals surface area (Å²) in [5.41, 5.74) is 4.21. The molecule has 0 fully saturated rings. The van der Waals surface area contributed by atoms with Gasteiger partial charge in [-0.05, 0) is 54.3 Å². The van der Waals surface area contributed by atoms with Gasteiger partial charge in [0.15, 0.2) is 0 Å². The van der Waals surface area contributed by atoms with Crippen molar-refractivity contribution in [2.24, 2.45) is 0 Å². The molecule has 0 aliphatic heterocycles. The van der Waals surface area contributed by atoms with Crippen LogP contribution in [0.1, 0.15) is 38.3 Å². The predicted molar refractivity (Wildman–Crippen MR) is 118 cm³/mol. The van der Waals surface area contributed by atoms with E-state index in [-0.39, 0.29) is 5.41 Å². The minimum atomic E-state index is 0.0733. The van der Waals surface area contributed by atoms with Gasteiger partial charge in [-0.25, -0.2) is 0 Å². The summed E-state index contributed by atoms with van der Waals surface area (Å²) in [6.07, 6.45) is 2.77. The van der Waals surface area contributed by atoms with E-state index in [9.17, 15) is 5.11 Å². The number of nitrogens with one attached hydrogen (secondary N) is 2. The maximum Gasteiger partial charge on any atom is 0.120 e. The Kier molecular flexibility index (Phi) is 6.42. The molecule has 0 unspecified atom stereocenters. The number of benzene rings is 2. The lowest BCUT2D eigenvalue weighted by Crippen LogP contribution is -2.18.